The second kappa shape index (κ2) is 7.41. The summed E-state index contributed by atoms with van der Waals surface area (Å²) in [4.78, 5) is 9.35. The maximum Gasteiger partial charge on any atom is 0.0720 e. The Morgan fingerprint density at radius 3 is 2.15 bits per heavy atom. The van der Waals surface area contributed by atoms with Crippen LogP contribution in [0.3, 0.4) is 0 Å². The monoisotopic (exact) mass is 344 g/mol. The summed E-state index contributed by atoms with van der Waals surface area (Å²) < 4.78 is 0. The lowest BCUT2D eigenvalue weighted by Crippen LogP contribution is -2.10. The van der Waals surface area contributed by atoms with Crippen LogP contribution in [0.15, 0.2) is 60.9 Å². The molecule has 0 atom stereocenters. The van der Waals surface area contributed by atoms with Gasteiger partial charge in [0, 0.05) is 29.2 Å². The summed E-state index contributed by atoms with van der Waals surface area (Å²) in [6.07, 6.45) is 4.97. The van der Waals surface area contributed by atoms with Crippen molar-refractivity contribution in [2.24, 2.45) is 5.41 Å². The molecule has 3 aromatic rings. The number of hydrogen-bond acceptors (Lipinski definition) is 2. The molecule has 0 saturated carbocycles. The average Bonchev–Trinajstić information content (AvgIpc) is 2.61. The van der Waals surface area contributed by atoms with Crippen LogP contribution < -0.4 is 0 Å². The molecule has 2 nitrogen and oxygen atoms in total. The lowest BCUT2D eigenvalue weighted by molar-refractivity contribution is 0.411. The number of hydrogen-bond donors (Lipinski definition) is 0. The highest BCUT2D eigenvalue weighted by atomic mass is 14.7. The Hall–Kier alpha value is -2.48. The van der Waals surface area contributed by atoms with E-state index in [0.717, 1.165) is 23.4 Å². The Morgan fingerprint density at radius 2 is 1.58 bits per heavy atom. The van der Waals surface area contributed by atoms with Crippen molar-refractivity contribution < 1.29 is 0 Å². The van der Waals surface area contributed by atoms with Crippen molar-refractivity contribution in [3.05, 3.63) is 72.2 Å². The summed E-state index contributed by atoms with van der Waals surface area (Å²) in [5, 5.41) is 0. The van der Waals surface area contributed by atoms with E-state index in [-0.39, 0.29) is 5.41 Å². The molecule has 134 valence electrons. The zero-order valence-electron chi connectivity index (χ0n) is 16.5. The highest BCUT2D eigenvalue weighted by Crippen LogP contribution is 2.31. The molecule has 26 heavy (non-hydrogen) atoms. The highest BCUT2D eigenvalue weighted by molar-refractivity contribution is 5.70. The van der Waals surface area contributed by atoms with Crippen molar-refractivity contribution in [3.63, 3.8) is 0 Å². The van der Waals surface area contributed by atoms with Crippen LogP contribution in [0.4, 0.5) is 0 Å². The molecule has 0 aliphatic heterocycles. The van der Waals surface area contributed by atoms with Crippen molar-refractivity contribution >= 4 is 0 Å². The lowest BCUT2D eigenvalue weighted by atomic mass is 9.85. The maximum atomic E-state index is 4.75. The van der Waals surface area contributed by atoms with Gasteiger partial charge in [0.15, 0.2) is 0 Å². The van der Waals surface area contributed by atoms with E-state index < -0.39 is 0 Å². The van der Waals surface area contributed by atoms with Gasteiger partial charge in [0.25, 0.3) is 0 Å². The molecule has 0 N–H and O–H groups in total. The van der Waals surface area contributed by atoms with Gasteiger partial charge >= 0.3 is 0 Å². The second-order valence-electron chi connectivity index (χ2n) is 8.46. The van der Waals surface area contributed by atoms with Gasteiger partial charge in [-0.05, 0) is 47.1 Å². The van der Waals surface area contributed by atoms with Crippen LogP contribution in [-0.4, -0.2) is 9.97 Å². The van der Waals surface area contributed by atoms with E-state index in [2.05, 4.69) is 88.1 Å². The number of nitrogens with zero attached hydrogens (tertiary/aromatic N) is 2. The topological polar surface area (TPSA) is 25.8 Å². The van der Waals surface area contributed by atoms with Gasteiger partial charge in [0.1, 0.15) is 0 Å². The first-order valence-corrected chi connectivity index (χ1v) is 9.34. The normalized spacial score (nSPS) is 11.8. The third-order valence-corrected chi connectivity index (χ3v) is 4.47. The highest BCUT2D eigenvalue weighted by Gasteiger charge is 2.16. The largest absolute Gasteiger partial charge is 0.260 e. The SMILES string of the molecule is CC(C)c1ccc(-c2cc(CC(C)(C)C)c(-c3ccccc3)cn2)cn1. The Labute approximate surface area is 157 Å². The average molecular weight is 345 g/mol. The first-order valence-electron chi connectivity index (χ1n) is 9.34. The lowest BCUT2D eigenvalue weighted by Gasteiger charge is -2.21. The first kappa shape index (κ1) is 18.3. The van der Waals surface area contributed by atoms with Crippen LogP contribution in [0, 0.1) is 5.41 Å². The number of rotatable bonds is 4. The van der Waals surface area contributed by atoms with Crippen molar-refractivity contribution in [2.45, 2.75) is 47.0 Å². The van der Waals surface area contributed by atoms with Crippen LogP contribution in [0.5, 0.6) is 0 Å². The quantitative estimate of drug-likeness (QED) is 0.538. The molecule has 0 amide bonds. The molecule has 0 saturated heterocycles. The standard InChI is InChI=1S/C24H28N2/c1-17(2)22-12-11-19(15-25-22)23-13-20(14-24(3,4)5)21(16-26-23)18-9-7-6-8-10-18/h6-13,15-17H,14H2,1-5H3. The van der Waals surface area contributed by atoms with Gasteiger partial charge in [-0.2, -0.15) is 0 Å². The summed E-state index contributed by atoms with van der Waals surface area (Å²) in [6.45, 7) is 11.2. The fraction of sp³-hybridized carbons (Fsp3) is 0.333. The minimum atomic E-state index is 0.210. The van der Waals surface area contributed by atoms with Crippen LogP contribution in [0.25, 0.3) is 22.4 Å². The molecule has 0 bridgehead atoms. The van der Waals surface area contributed by atoms with E-state index >= 15 is 0 Å². The molecule has 0 aliphatic rings. The van der Waals surface area contributed by atoms with Gasteiger partial charge in [-0.25, -0.2) is 0 Å². The van der Waals surface area contributed by atoms with Gasteiger partial charge in [0.05, 0.1) is 5.69 Å². The van der Waals surface area contributed by atoms with Gasteiger partial charge in [-0.15, -0.1) is 0 Å². The summed E-state index contributed by atoms with van der Waals surface area (Å²) >= 11 is 0. The Balaban J connectivity index is 2.04. The van der Waals surface area contributed by atoms with E-state index in [9.17, 15) is 0 Å². The smallest absolute Gasteiger partial charge is 0.0720 e. The number of pyridine rings is 2. The van der Waals surface area contributed by atoms with E-state index in [0.29, 0.717) is 5.92 Å². The molecule has 0 unspecified atom stereocenters. The zero-order chi connectivity index (χ0) is 18.7. The molecule has 2 heteroatoms. The summed E-state index contributed by atoms with van der Waals surface area (Å²) in [7, 11) is 0. The molecule has 0 fully saturated rings. The molecule has 3 rings (SSSR count). The fourth-order valence-corrected chi connectivity index (χ4v) is 3.15. The van der Waals surface area contributed by atoms with Crippen molar-refractivity contribution in [1.82, 2.24) is 9.97 Å². The number of benzene rings is 1. The van der Waals surface area contributed by atoms with Gasteiger partial charge in [-0.1, -0.05) is 65.0 Å². The number of aromatic nitrogens is 2. The van der Waals surface area contributed by atoms with Crippen molar-refractivity contribution in [2.75, 3.05) is 0 Å². The summed E-state index contributed by atoms with van der Waals surface area (Å²) in [5.74, 6) is 0.439. The van der Waals surface area contributed by atoms with Gasteiger partial charge in [0.2, 0.25) is 0 Å². The third kappa shape index (κ3) is 4.37. The van der Waals surface area contributed by atoms with Crippen LogP contribution in [-0.2, 0) is 6.42 Å². The van der Waals surface area contributed by atoms with E-state index in [4.69, 9.17) is 4.98 Å². The van der Waals surface area contributed by atoms with E-state index in [1.54, 1.807) is 0 Å². The van der Waals surface area contributed by atoms with E-state index in [1.165, 1.54) is 16.7 Å². The molecule has 2 heterocycles. The maximum absolute atomic E-state index is 4.75. The Bertz CT molecular complexity index is 857. The molecule has 2 aromatic heterocycles. The van der Waals surface area contributed by atoms with Crippen molar-refractivity contribution in [1.29, 1.82) is 0 Å². The zero-order valence-corrected chi connectivity index (χ0v) is 16.5. The minimum absolute atomic E-state index is 0.210. The van der Waals surface area contributed by atoms with Crippen LogP contribution >= 0.6 is 0 Å². The predicted molar refractivity (Wildman–Crippen MR) is 110 cm³/mol. The van der Waals surface area contributed by atoms with Crippen LogP contribution in [0.1, 0.15) is 51.8 Å². The molecular weight excluding hydrogens is 316 g/mol. The summed E-state index contributed by atoms with van der Waals surface area (Å²) in [6, 6.07) is 17.0. The molecule has 0 spiro atoms. The van der Waals surface area contributed by atoms with Gasteiger partial charge in [-0.3, -0.25) is 9.97 Å². The van der Waals surface area contributed by atoms with E-state index in [1.807, 2.05) is 12.4 Å². The molecule has 1 aromatic carbocycles. The van der Waals surface area contributed by atoms with Gasteiger partial charge < -0.3 is 0 Å². The molecule has 0 radical (unpaired) electrons. The second-order valence-corrected chi connectivity index (χ2v) is 8.46. The Morgan fingerprint density at radius 1 is 0.846 bits per heavy atom. The Kier molecular flexibility index (Phi) is 5.22. The minimum Gasteiger partial charge on any atom is -0.260 e. The third-order valence-electron chi connectivity index (χ3n) is 4.47. The van der Waals surface area contributed by atoms with Crippen molar-refractivity contribution in [3.8, 4) is 22.4 Å². The fourth-order valence-electron chi connectivity index (χ4n) is 3.15. The molecule has 0 aliphatic carbocycles. The van der Waals surface area contributed by atoms with Crippen LogP contribution in [0.2, 0.25) is 0 Å². The summed E-state index contributed by atoms with van der Waals surface area (Å²) in [5.41, 5.74) is 7.17. The predicted octanol–water partition coefficient (Wildman–Crippen LogP) is 6.52. The first-order chi connectivity index (χ1) is 12.3. The molecular formula is C24H28N2.